The summed E-state index contributed by atoms with van der Waals surface area (Å²) in [6.45, 7) is 0. The quantitative estimate of drug-likeness (QED) is 0.101. The highest BCUT2D eigenvalue weighted by Gasteiger charge is 2.18. The predicted octanol–water partition coefficient (Wildman–Crippen LogP) is 16.1. The van der Waals surface area contributed by atoms with E-state index in [1.807, 2.05) is 12.4 Å². The summed E-state index contributed by atoms with van der Waals surface area (Å²) < 4.78 is 0. The molecule has 0 spiro atoms. The Hall–Kier alpha value is -8.72. The van der Waals surface area contributed by atoms with Gasteiger partial charge in [0.1, 0.15) is 0 Å². The average molecular weight is 841 g/mol. The standard InChI is InChI=1S/C64H44N2/c1-7-19-47(20-8-1)59(48-21-9-2-10-22-48)61(51-27-15-5-16-28-51)53-35-31-45(32-36-53)57-41-55-39-40-56-42-58(44-66-64(56)63(55)65-43-57)46-33-37-54(38-34-46)62(52-29-17-6-18-30-52)60(49-23-11-3-12-24-49)50-25-13-4-14-26-50/h1-44H. The monoisotopic (exact) mass is 840 g/mol. The zero-order chi connectivity index (χ0) is 44.1. The lowest BCUT2D eigenvalue weighted by Gasteiger charge is -2.18. The van der Waals surface area contributed by atoms with E-state index in [9.17, 15) is 0 Å². The molecule has 0 saturated heterocycles. The van der Waals surface area contributed by atoms with Gasteiger partial charge in [-0.3, -0.25) is 9.97 Å². The molecule has 0 amide bonds. The lowest BCUT2D eigenvalue weighted by atomic mass is 9.85. The molecule has 0 unspecified atom stereocenters. The van der Waals surface area contributed by atoms with Crippen molar-refractivity contribution in [3.63, 3.8) is 0 Å². The summed E-state index contributed by atoms with van der Waals surface area (Å²) in [5.41, 5.74) is 20.3. The Kier molecular flexibility index (Phi) is 11.0. The minimum Gasteiger partial charge on any atom is -0.253 e. The first kappa shape index (κ1) is 40.1. The van der Waals surface area contributed by atoms with Crippen molar-refractivity contribution in [3.8, 4) is 22.3 Å². The van der Waals surface area contributed by atoms with Crippen LogP contribution in [-0.2, 0) is 0 Å². The molecule has 11 rings (SSSR count). The molecule has 0 radical (unpaired) electrons. The van der Waals surface area contributed by atoms with E-state index < -0.39 is 0 Å². The Bertz CT molecular complexity index is 3170. The molecular weight excluding hydrogens is 797 g/mol. The van der Waals surface area contributed by atoms with Gasteiger partial charge in [-0.1, -0.05) is 243 Å². The second-order valence-corrected chi connectivity index (χ2v) is 16.5. The second kappa shape index (κ2) is 18.2. The van der Waals surface area contributed by atoms with E-state index in [1.165, 1.54) is 55.7 Å². The van der Waals surface area contributed by atoms with Gasteiger partial charge in [0.2, 0.25) is 0 Å². The number of benzene rings is 9. The summed E-state index contributed by atoms with van der Waals surface area (Å²) in [5, 5.41) is 2.11. The van der Waals surface area contributed by atoms with Crippen molar-refractivity contribution in [1.29, 1.82) is 0 Å². The Balaban J connectivity index is 0.923. The molecule has 11 aromatic rings. The summed E-state index contributed by atoms with van der Waals surface area (Å²) in [6.07, 6.45) is 3.96. The molecule has 2 heterocycles. The molecule has 2 heteroatoms. The van der Waals surface area contributed by atoms with Gasteiger partial charge in [0.15, 0.2) is 0 Å². The average Bonchev–Trinajstić information content (AvgIpc) is 3.40. The number of hydrogen-bond acceptors (Lipinski definition) is 2. The fraction of sp³-hybridized carbons (Fsp3) is 0. The Morgan fingerprint density at radius 3 is 0.682 bits per heavy atom. The zero-order valence-corrected chi connectivity index (χ0v) is 36.3. The molecule has 0 bridgehead atoms. The van der Waals surface area contributed by atoms with Crippen LogP contribution in [0.5, 0.6) is 0 Å². The second-order valence-electron chi connectivity index (χ2n) is 16.5. The van der Waals surface area contributed by atoms with Gasteiger partial charge in [-0.25, -0.2) is 0 Å². The highest BCUT2D eigenvalue weighted by molar-refractivity contribution is 6.07. The Labute approximate surface area is 386 Å². The molecule has 2 nitrogen and oxygen atoms in total. The van der Waals surface area contributed by atoms with Crippen molar-refractivity contribution in [2.24, 2.45) is 0 Å². The third kappa shape index (κ3) is 8.05. The molecule has 0 fully saturated rings. The van der Waals surface area contributed by atoms with Crippen molar-refractivity contribution in [2.45, 2.75) is 0 Å². The molecule has 0 N–H and O–H groups in total. The van der Waals surface area contributed by atoms with Gasteiger partial charge in [0.05, 0.1) is 11.0 Å². The maximum atomic E-state index is 5.05. The smallest absolute Gasteiger partial charge is 0.0965 e. The van der Waals surface area contributed by atoms with Crippen LogP contribution in [0, 0.1) is 0 Å². The lowest BCUT2D eigenvalue weighted by molar-refractivity contribution is 1.37. The summed E-state index contributed by atoms with van der Waals surface area (Å²) in [5.74, 6) is 0. The molecule has 0 aliphatic heterocycles. The van der Waals surface area contributed by atoms with Crippen LogP contribution in [0.4, 0.5) is 0 Å². The first-order valence-corrected chi connectivity index (χ1v) is 22.5. The number of nitrogens with zero attached hydrogens (tertiary/aromatic N) is 2. The number of aromatic nitrogens is 2. The van der Waals surface area contributed by atoms with Crippen molar-refractivity contribution < 1.29 is 0 Å². The van der Waals surface area contributed by atoms with Crippen molar-refractivity contribution >= 4 is 44.1 Å². The van der Waals surface area contributed by atoms with Gasteiger partial charge in [0.25, 0.3) is 0 Å². The van der Waals surface area contributed by atoms with E-state index in [1.54, 1.807) is 0 Å². The molecule has 310 valence electrons. The molecule has 0 aliphatic carbocycles. The normalized spacial score (nSPS) is 11.0. The van der Waals surface area contributed by atoms with Gasteiger partial charge < -0.3 is 0 Å². The first-order chi connectivity index (χ1) is 32.7. The Morgan fingerprint density at radius 2 is 0.439 bits per heavy atom. The van der Waals surface area contributed by atoms with Crippen LogP contribution in [0.15, 0.2) is 267 Å². The van der Waals surface area contributed by atoms with E-state index in [-0.39, 0.29) is 0 Å². The van der Waals surface area contributed by atoms with Crippen LogP contribution in [0.25, 0.3) is 66.4 Å². The first-order valence-electron chi connectivity index (χ1n) is 22.5. The SMILES string of the molecule is c1ccc(C(=C(c2ccccc2)c2ccc(-c3cnc4c(ccc5cc(-c6ccc(C(=C(c7ccccc7)c7ccccc7)c7ccccc7)cc6)cnc54)c3)cc2)c2ccccc2)cc1. The third-order valence-corrected chi connectivity index (χ3v) is 12.4. The highest BCUT2D eigenvalue weighted by atomic mass is 14.7. The van der Waals surface area contributed by atoms with E-state index in [0.29, 0.717) is 0 Å². The van der Waals surface area contributed by atoms with Crippen molar-refractivity contribution in [3.05, 3.63) is 312 Å². The Morgan fingerprint density at radius 1 is 0.212 bits per heavy atom. The van der Waals surface area contributed by atoms with Crippen molar-refractivity contribution in [2.75, 3.05) is 0 Å². The minimum absolute atomic E-state index is 0.895. The fourth-order valence-electron chi connectivity index (χ4n) is 9.22. The van der Waals surface area contributed by atoms with Crippen LogP contribution in [0.3, 0.4) is 0 Å². The zero-order valence-electron chi connectivity index (χ0n) is 36.3. The minimum atomic E-state index is 0.895. The number of fused-ring (bicyclic) bond motifs is 3. The van der Waals surface area contributed by atoms with E-state index in [4.69, 9.17) is 9.97 Å². The topological polar surface area (TPSA) is 25.8 Å². The van der Waals surface area contributed by atoms with Gasteiger partial charge in [-0.05, 0) is 90.1 Å². The molecule has 66 heavy (non-hydrogen) atoms. The largest absolute Gasteiger partial charge is 0.253 e. The fourth-order valence-corrected chi connectivity index (χ4v) is 9.22. The summed E-state index contributed by atoms with van der Waals surface area (Å²) >= 11 is 0. The molecular formula is C64H44N2. The van der Waals surface area contributed by atoms with E-state index >= 15 is 0 Å². The molecule has 0 saturated carbocycles. The van der Waals surface area contributed by atoms with Gasteiger partial charge >= 0.3 is 0 Å². The molecule has 0 atom stereocenters. The number of rotatable bonds is 10. The van der Waals surface area contributed by atoms with E-state index in [2.05, 4.69) is 255 Å². The van der Waals surface area contributed by atoms with Crippen LogP contribution in [0.1, 0.15) is 44.5 Å². The van der Waals surface area contributed by atoms with Crippen molar-refractivity contribution in [1.82, 2.24) is 9.97 Å². The van der Waals surface area contributed by atoms with Gasteiger partial charge in [-0.15, -0.1) is 0 Å². The van der Waals surface area contributed by atoms with Crippen LogP contribution < -0.4 is 0 Å². The molecule has 0 aliphatic rings. The predicted molar refractivity (Wildman–Crippen MR) is 277 cm³/mol. The van der Waals surface area contributed by atoms with Crippen LogP contribution in [-0.4, -0.2) is 9.97 Å². The lowest BCUT2D eigenvalue weighted by Crippen LogP contribution is -1.97. The number of pyridine rings is 2. The summed E-state index contributed by atoms with van der Waals surface area (Å²) in [4.78, 5) is 10.1. The maximum absolute atomic E-state index is 5.05. The molecule has 9 aromatic carbocycles. The number of hydrogen-bond donors (Lipinski definition) is 0. The van der Waals surface area contributed by atoms with Crippen LogP contribution in [0.2, 0.25) is 0 Å². The summed E-state index contributed by atoms with van der Waals surface area (Å²) in [7, 11) is 0. The van der Waals surface area contributed by atoms with Gasteiger partial charge in [0, 0.05) is 34.3 Å². The van der Waals surface area contributed by atoms with E-state index in [0.717, 1.165) is 55.2 Å². The van der Waals surface area contributed by atoms with Gasteiger partial charge in [-0.2, -0.15) is 0 Å². The molecule has 2 aromatic heterocycles. The van der Waals surface area contributed by atoms with Crippen LogP contribution >= 0.6 is 0 Å². The maximum Gasteiger partial charge on any atom is 0.0965 e. The summed E-state index contributed by atoms with van der Waals surface area (Å²) in [6, 6.07) is 90.9. The third-order valence-electron chi connectivity index (χ3n) is 12.4. The highest BCUT2D eigenvalue weighted by Crippen LogP contribution is 2.40.